The SMILES string of the molecule is C#CC(CC)(CC)N(C)C(C)C. The van der Waals surface area contributed by atoms with Crippen molar-refractivity contribution in [2.75, 3.05) is 7.05 Å². The van der Waals surface area contributed by atoms with Crippen LogP contribution in [0.5, 0.6) is 0 Å². The Morgan fingerprint density at radius 3 is 1.83 bits per heavy atom. The van der Waals surface area contributed by atoms with Crippen LogP contribution in [-0.4, -0.2) is 23.5 Å². The van der Waals surface area contributed by atoms with E-state index >= 15 is 0 Å². The first-order chi connectivity index (χ1) is 5.54. The number of nitrogens with zero attached hydrogens (tertiary/aromatic N) is 1. The van der Waals surface area contributed by atoms with Gasteiger partial charge in [-0.05, 0) is 33.7 Å². The van der Waals surface area contributed by atoms with Crippen molar-refractivity contribution in [1.82, 2.24) is 4.90 Å². The summed E-state index contributed by atoms with van der Waals surface area (Å²) in [4.78, 5) is 2.28. The van der Waals surface area contributed by atoms with Gasteiger partial charge in [0.25, 0.3) is 0 Å². The Labute approximate surface area is 77.1 Å². The maximum Gasteiger partial charge on any atom is 0.0817 e. The molecule has 0 amide bonds. The monoisotopic (exact) mass is 167 g/mol. The Bertz CT molecular complexity index is 160. The van der Waals surface area contributed by atoms with Crippen molar-refractivity contribution in [3.05, 3.63) is 0 Å². The summed E-state index contributed by atoms with van der Waals surface area (Å²) in [5.74, 6) is 2.92. The van der Waals surface area contributed by atoms with E-state index in [1.807, 2.05) is 0 Å². The first-order valence-electron chi connectivity index (χ1n) is 4.74. The van der Waals surface area contributed by atoms with E-state index < -0.39 is 0 Å². The molecule has 12 heavy (non-hydrogen) atoms. The third kappa shape index (κ3) is 2.01. The first kappa shape index (κ1) is 11.5. The molecule has 0 heterocycles. The highest BCUT2D eigenvalue weighted by molar-refractivity contribution is 5.12. The largest absolute Gasteiger partial charge is 0.288 e. The van der Waals surface area contributed by atoms with Gasteiger partial charge >= 0.3 is 0 Å². The molecule has 0 aromatic heterocycles. The zero-order valence-corrected chi connectivity index (χ0v) is 9.02. The quantitative estimate of drug-likeness (QED) is 0.582. The summed E-state index contributed by atoms with van der Waals surface area (Å²) in [5, 5.41) is 0. The predicted molar refractivity (Wildman–Crippen MR) is 55.0 cm³/mol. The van der Waals surface area contributed by atoms with E-state index in [-0.39, 0.29) is 5.54 Å². The van der Waals surface area contributed by atoms with E-state index in [1.54, 1.807) is 0 Å². The molecule has 0 spiro atoms. The number of terminal acetylenes is 1. The number of rotatable bonds is 4. The highest BCUT2D eigenvalue weighted by Crippen LogP contribution is 2.23. The molecule has 0 unspecified atom stereocenters. The lowest BCUT2D eigenvalue weighted by Crippen LogP contribution is -2.47. The van der Waals surface area contributed by atoms with Crippen LogP contribution in [0.4, 0.5) is 0 Å². The fourth-order valence-electron chi connectivity index (χ4n) is 1.55. The van der Waals surface area contributed by atoms with Crippen LogP contribution in [-0.2, 0) is 0 Å². The minimum Gasteiger partial charge on any atom is -0.288 e. The van der Waals surface area contributed by atoms with Gasteiger partial charge in [-0.15, -0.1) is 6.42 Å². The van der Waals surface area contributed by atoms with Gasteiger partial charge in [0.2, 0.25) is 0 Å². The van der Waals surface area contributed by atoms with Crippen molar-refractivity contribution in [3.63, 3.8) is 0 Å². The maximum absolute atomic E-state index is 5.58. The summed E-state index contributed by atoms with van der Waals surface area (Å²) in [6, 6.07) is 0.515. The Kier molecular flexibility index (Phi) is 4.34. The van der Waals surface area contributed by atoms with Crippen LogP contribution < -0.4 is 0 Å². The van der Waals surface area contributed by atoms with Gasteiger partial charge in [0, 0.05) is 6.04 Å². The van der Waals surface area contributed by atoms with Gasteiger partial charge in [0.1, 0.15) is 0 Å². The average Bonchev–Trinajstić information content (AvgIpc) is 2.08. The Morgan fingerprint density at radius 1 is 1.33 bits per heavy atom. The van der Waals surface area contributed by atoms with Crippen LogP contribution in [0, 0.1) is 12.3 Å². The molecule has 0 N–H and O–H groups in total. The molecule has 0 bridgehead atoms. The third-order valence-electron chi connectivity index (χ3n) is 2.89. The molecule has 0 atom stereocenters. The molecule has 0 saturated carbocycles. The summed E-state index contributed by atoms with van der Waals surface area (Å²) >= 11 is 0. The predicted octanol–water partition coefficient (Wildman–Crippen LogP) is 2.52. The van der Waals surface area contributed by atoms with Crippen LogP contribution in [0.15, 0.2) is 0 Å². The summed E-state index contributed by atoms with van der Waals surface area (Å²) < 4.78 is 0. The summed E-state index contributed by atoms with van der Waals surface area (Å²) in [7, 11) is 2.11. The molecule has 0 aliphatic carbocycles. The highest BCUT2D eigenvalue weighted by Gasteiger charge is 2.29. The number of hydrogen-bond donors (Lipinski definition) is 0. The number of hydrogen-bond acceptors (Lipinski definition) is 1. The highest BCUT2D eigenvalue weighted by atomic mass is 15.2. The fraction of sp³-hybridized carbons (Fsp3) is 0.818. The topological polar surface area (TPSA) is 3.24 Å². The lowest BCUT2D eigenvalue weighted by atomic mass is 9.91. The molecular formula is C11H21N. The second kappa shape index (κ2) is 4.52. The normalized spacial score (nSPS) is 12.2. The second-order valence-corrected chi connectivity index (χ2v) is 3.59. The van der Waals surface area contributed by atoms with E-state index in [9.17, 15) is 0 Å². The molecule has 0 rings (SSSR count). The van der Waals surface area contributed by atoms with Gasteiger partial charge in [-0.25, -0.2) is 0 Å². The van der Waals surface area contributed by atoms with Crippen molar-refractivity contribution >= 4 is 0 Å². The summed E-state index contributed by atoms with van der Waals surface area (Å²) in [5.41, 5.74) is -0.0336. The first-order valence-corrected chi connectivity index (χ1v) is 4.74. The van der Waals surface area contributed by atoms with E-state index in [2.05, 4.69) is 45.6 Å². The van der Waals surface area contributed by atoms with Crippen LogP contribution in [0.3, 0.4) is 0 Å². The van der Waals surface area contributed by atoms with Crippen LogP contribution in [0.25, 0.3) is 0 Å². The third-order valence-corrected chi connectivity index (χ3v) is 2.89. The molecule has 1 heteroatoms. The van der Waals surface area contributed by atoms with Crippen molar-refractivity contribution in [2.24, 2.45) is 0 Å². The minimum absolute atomic E-state index is 0.0336. The van der Waals surface area contributed by atoms with Crippen molar-refractivity contribution in [3.8, 4) is 12.3 Å². The van der Waals surface area contributed by atoms with Gasteiger partial charge < -0.3 is 0 Å². The molecule has 0 aromatic rings. The van der Waals surface area contributed by atoms with E-state index in [1.165, 1.54) is 0 Å². The van der Waals surface area contributed by atoms with E-state index in [0.29, 0.717) is 6.04 Å². The summed E-state index contributed by atoms with van der Waals surface area (Å²) in [6.07, 6.45) is 7.62. The van der Waals surface area contributed by atoms with Gasteiger partial charge in [-0.1, -0.05) is 19.8 Å². The lowest BCUT2D eigenvalue weighted by molar-refractivity contribution is 0.128. The van der Waals surface area contributed by atoms with Crippen LogP contribution in [0.2, 0.25) is 0 Å². The van der Waals surface area contributed by atoms with Gasteiger partial charge in [0.15, 0.2) is 0 Å². The molecule has 0 saturated heterocycles. The lowest BCUT2D eigenvalue weighted by Gasteiger charge is -2.39. The van der Waals surface area contributed by atoms with Crippen molar-refractivity contribution in [1.29, 1.82) is 0 Å². The zero-order valence-electron chi connectivity index (χ0n) is 9.02. The molecule has 0 aliphatic heterocycles. The standard InChI is InChI=1S/C11H21N/c1-7-11(8-2,9-3)12(6)10(4)5/h1,10H,8-9H2,2-6H3. The van der Waals surface area contributed by atoms with Crippen LogP contribution in [0.1, 0.15) is 40.5 Å². The van der Waals surface area contributed by atoms with Gasteiger partial charge in [-0.3, -0.25) is 4.90 Å². The molecule has 70 valence electrons. The molecule has 0 radical (unpaired) electrons. The Morgan fingerprint density at radius 2 is 1.75 bits per heavy atom. The molecule has 1 nitrogen and oxygen atoms in total. The molecule has 0 aliphatic rings. The maximum atomic E-state index is 5.58. The van der Waals surface area contributed by atoms with Crippen molar-refractivity contribution < 1.29 is 0 Å². The zero-order chi connectivity index (χ0) is 9.78. The molecule has 0 fully saturated rings. The molecular weight excluding hydrogens is 146 g/mol. The second-order valence-electron chi connectivity index (χ2n) is 3.59. The minimum atomic E-state index is -0.0336. The average molecular weight is 167 g/mol. The van der Waals surface area contributed by atoms with E-state index in [0.717, 1.165) is 12.8 Å². The molecule has 0 aromatic carbocycles. The Balaban J connectivity index is 4.62. The summed E-state index contributed by atoms with van der Waals surface area (Å²) in [6.45, 7) is 8.67. The smallest absolute Gasteiger partial charge is 0.0817 e. The van der Waals surface area contributed by atoms with Gasteiger partial charge in [0.05, 0.1) is 5.54 Å². The van der Waals surface area contributed by atoms with Gasteiger partial charge in [-0.2, -0.15) is 0 Å². The van der Waals surface area contributed by atoms with E-state index in [4.69, 9.17) is 6.42 Å². The fourth-order valence-corrected chi connectivity index (χ4v) is 1.55. The Hall–Kier alpha value is -0.480. The van der Waals surface area contributed by atoms with Crippen molar-refractivity contribution in [2.45, 2.75) is 52.1 Å². The van der Waals surface area contributed by atoms with Crippen LogP contribution >= 0.6 is 0 Å².